The number of nitrogens with two attached hydrogens (primary N) is 1. The van der Waals surface area contributed by atoms with Crippen molar-refractivity contribution in [2.75, 3.05) is 50.5 Å². The largest absolute Gasteiger partial charge is 0.384 e. The maximum atomic E-state index is 12.1. The number of aromatic nitrogens is 1. The van der Waals surface area contributed by atoms with Gasteiger partial charge in [0.05, 0.1) is 12.4 Å². The fourth-order valence-corrected chi connectivity index (χ4v) is 3.59. The van der Waals surface area contributed by atoms with E-state index in [0.29, 0.717) is 32.7 Å². The summed E-state index contributed by atoms with van der Waals surface area (Å²) in [4.78, 5) is 6.45. The van der Waals surface area contributed by atoms with Gasteiger partial charge < -0.3 is 15.4 Å². The van der Waals surface area contributed by atoms with E-state index in [9.17, 15) is 8.42 Å². The summed E-state index contributed by atoms with van der Waals surface area (Å²) in [5.74, 6) is 0.897. The van der Waals surface area contributed by atoms with Crippen molar-refractivity contribution in [2.24, 2.45) is 5.73 Å². The molecule has 0 spiro atoms. The molecular formula is C13H22N4O3S. The van der Waals surface area contributed by atoms with Gasteiger partial charge in [-0.05, 0) is 11.6 Å². The van der Waals surface area contributed by atoms with Gasteiger partial charge in [-0.2, -0.15) is 4.31 Å². The molecule has 0 atom stereocenters. The van der Waals surface area contributed by atoms with Gasteiger partial charge in [0.25, 0.3) is 0 Å². The van der Waals surface area contributed by atoms with Crippen molar-refractivity contribution in [3.8, 4) is 0 Å². The third-order valence-corrected chi connectivity index (χ3v) is 5.38. The van der Waals surface area contributed by atoms with Crippen LogP contribution in [-0.4, -0.2) is 63.4 Å². The van der Waals surface area contributed by atoms with E-state index < -0.39 is 10.0 Å². The monoisotopic (exact) mass is 314 g/mol. The van der Waals surface area contributed by atoms with Gasteiger partial charge in [0, 0.05) is 46.0 Å². The second-order valence-electron chi connectivity index (χ2n) is 4.92. The van der Waals surface area contributed by atoms with Crippen molar-refractivity contribution < 1.29 is 13.2 Å². The lowest BCUT2D eigenvalue weighted by molar-refractivity contribution is 0.215. The maximum Gasteiger partial charge on any atom is 0.216 e. The van der Waals surface area contributed by atoms with Crippen LogP contribution in [0.2, 0.25) is 0 Å². The number of piperazine rings is 1. The zero-order valence-corrected chi connectivity index (χ0v) is 13.1. The van der Waals surface area contributed by atoms with Crippen LogP contribution in [0.25, 0.3) is 0 Å². The molecule has 0 bridgehead atoms. The van der Waals surface area contributed by atoms with Crippen LogP contribution in [0.3, 0.4) is 0 Å². The molecule has 1 saturated heterocycles. The molecule has 2 N–H and O–H groups in total. The third-order valence-electron chi connectivity index (χ3n) is 3.55. The summed E-state index contributed by atoms with van der Waals surface area (Å²) in [6, 6.07) is 3.88. The Morgan fingerprint density at radius 1 is 1.29 bits per heavy atom. The first-order chi connectivity index (χ1) is 10.1. The molecule has 2 rings (SSSR count). The van der Waals surface area contributed by atoms with Crippen molar-refractivity contribution in [2.45, 2.75) is 6.54 Å². The molecule has 1 aliphatic heterocycles. The summed E-state index contributed by atoms with van der Waals surface area (Å²) >= 11 is 0. The SMILES string of the molecule is COCCS(=O)(=O)N1CCN(c2ccc(CN)cn2)CC1. The van der Waals surface area contributed by atoms with E-state index in [0.717, 1.165) is 11.4 Å². The van der Waals surface area contributed by atoms with E-state index in [1.54, 1.807) is 6.20 Å². The molecule has 7 nitrogen and oxygen atoms in total. The first kappa shape index (κ1) is 16.2. The number of pyridine rings is 1. The second kappa shape index (κ2) is 7.17. The minimum absolute atomic E-state index is 0.0347. The molecule has 1 aromatic heterocycles. The molecule has 2 heterocycles. The quantitative estimate of drug-likeness (QED) is 0.771. The van der Waals surface area contributed by atoms with E-state index >= 15 is 0 Å². The van der Waals surface area contributed by atoms with Crippen LogP contribution in [0.15, 0.2) is 18.3 Å². The molecule has 1 aromatic rings. The number of anilines is 1. The van der Waals surface area contributed by atoms with Gasteiger partial charge in [0.15, 0.2) is 0 Å². The number of ether oxygens (including phenoxy) is 1. The molecule has 0 radical (unpaired) electrons. The van der Waals surface area contributed by atoms with Crippen LogP contribution in [-0.2, 0) is 21.3 Å². The van der Waals surface area contributed by atoms with E-state index in [2.05, 4.69) is 9.88 Å². The van der Waals surface area contributed by atoms with Crippen molar-refractivity contribution in [1.82, 2.24) is 9.29 Å². The van der Waals surface area contributed by atoms with Crippen LogP contribution < -0.4 is 10.6 Å². The van der Waals surface area contributed by atoms with E-state index in [1.807, 2.05) is 12.1 Å². The Morgan fingerprint density at radius 2 is 2.00 bits per heavy atom. The highest BCUT2D eigenvalue weighted by Gasteiger charge is 2.26. The summed E-state index contributed by atoms with van der Waals surface area (Å²) in [7, 11) is -1.71. The first-order valence-electron chi connectivity index (χ1n) is 6.93. The van der Waals surface area contributed by atoms with Gasteiger partial charge in [0.1, 0.15) is 5.82 Å². The Kier molecular flexibility index (Phi) is 5.51. The van der Waals surface area contributed by atoms with Crippen molar-refractivity contribution >= 4 is 15.8 Å². The zero-order valence-electron chi connectivity index (χ0n) is 12.2. The van der Waals surface area contributed by atoms with Crippen molar-refractivity contribution in [3.63, 3.8) is 0 Å². The van der Waals surface area contributed by atoms with Gasteiger partial charge in [-0.3, -0.25) is 0 Å². The fourth-order valence-electron chi connectivity index (χ4n) is 2.24. The lowest BCUT2D eigenvalue weighted by atomic mass is 10.2. The average molecular weight is 314 g/mol. The maximum absolute atomic E-state index is 12.1. The predicted molar refractivity (Wildman–Crippen MR) is 81.6 cm³/mol. The molecule has 0 amide bonds. The van der Waals surface area contributed by atoms with Crippen LogP contribution in [0.5, 0.6) is 0 Å². The van der Waals surface area contributed by atoms with Gasteiger partial charge >= 0.3 is 0 Å². The van der Waals surface area contributed by atoms with E-state index in [1.165, 1.54) is 11.4 Å². The number of methoxy groups -OCH3 is 1. The highest BCUT2D eigenvalue weighted by molar-refractivity contribution is 7.89. The van der Waals surface area contributed by atoms with E-state index in [4.69, 9.17) is 10.5 Å². The second-order valence-corrected chi connectivity index (χ2v) is 7.01. The topological polar surface area (TPSA) is 88.8 Å². The third kappa shape index (κ3) is 4.13. The predicted octanol–water partition coefficient (Wildman–Crippen LogP) is -0.361. The molecular weight excluding hydrogens is 292 g/mol. The average Bonchev–Trinajstić information content (AvgIpc) is 2.53. The van der Waals surface area contributed by atoms with Crippen LogP contribution >= 0.6 is 0 Å². The smallest absolute Gasteiger partial charge is 0.216 e. The van der Waals surface area contributed by atoms with Gasteiger partial charge in [-0.15, -0.1) is 0 Å². The standard InChI is InChI=1S/C13H22N4O3S/c1-20-8-9-21(18,19)17-6-4-16(5-7-17)13-3-2-12(10-14)11-15-13/h2-3,11H,4-10,14H2,1H3. The summed E-state index contributed by atoms with van der Waals surface area (Å²) in [5.41, 5.74) is 6.53. The molecule has 8 heteroatoms. The Balaban J connectivity index is 1.93. The number of sulfonamides is 1. The van der Waals surface area contributed by atoms with Crippen LogP contribution in [0.4, 0.5) is 5.82 Å². The van der Waals surface area contributed by atoms with Crippen molar-refractivity contribution in [3.05, 3.63) is 23.9 Å². The van der Waals surface area contributed by atoms with Gasteiger partial charge in [0.2, 0.25) is 10.0 Å². The molecule has 0 aliphatic carbocycles. The minimum atomic E-state index is -3.22. The van der Waals surface area contributed by atoms with Crippen LogP contribution in [0.1, 0.15) is 5.56 Å². The van der Waals surface area contributed by atoms with E-state index in [-0.39, 0.29) is 12.4 Å². The molecule has 1 aliphatic rings. The lowest BCUT2D eigenvalue weighted by Crippen LogP contribution is -2.49. The normalized spacial score (nSPS) is 17.1. The number of hydrogen-bond donors (Lipinski definition) is 1. The fraction of sp³-hybridized carbons (Fsp3) is 0.615. The summed E-state index contributed by atoms with van der Waals surface area (Å²) in [6.07, 6.45) is 1.76. The molecule has 0 saturated carbocycles. The first-order valence-corrected chi connectivity index (χ1v) is 8.54. The molecule has 21 heavy (non-hydrogen) atoms. The minimum Gasteiger partial charge on any atom is -0.384 e. The Bertz CT molecular complexity index is 539. The zero-order chi connectivity index (χ0) is 15.3. The molecule has 118 valence electrons. The summed E-state index contributed by atoms with van der Waals surface area (Å²) in [6.45, 7) is 2.94. The lowest BCUT2D eigenvalue weighted by Gasteiger charge is -2.34. The van der Waals surface area contributed by atoms with Crippen LogP contribution in [0, 0.1) is 0 Å². The Morgan fingerprint density at radius 3 is 2.52 bits per heavy atom. The molecule has 0 unspecified atom stereocenters. The van der Waals surface area contributed by atoms with Gasteiger partial charge in [-0.25, -0.2) is 13.4 Å². The van der Waals surface area contributed by atoms with Crippen molar-refractivity contribution in [1.29, 1.82) is 0 Å². The van der Waals surface area contributed by atoms with Gasteiger partial charge in [-0.1, -0.05) is 6.07 Å². The summed E-state index contributed by atoms with van der Waals surface area (Å²) in [5, 5.41) is 0. The Labute approximate surface area is 125 Å². The number of nitrogens with zero attached hydrogens (tertiary/aromatic N) is 3. The summed E-state index contributed by atoms with van der Waals surface area (Å²) < 4.78 is 30.5. The molecule has 1 fully saturated rings. The highest BCUT2D eigenvalue weighted by atomic mass is 32.2. The number of hydrogen-bond acceptors (Lipinski definition) is 6. The highest BCUT2D eigenvalue weighted by Crippen LogP contribution is 2.15. The number of rotatable bonds is 6. The molecule has 0 aromatic carbocycles. The Hall–Kier alpha value is -1.22.